The zero-order chi connectivity index (χ0) is 13.0. The highest BCUT2D eigenvalue weighted by Gasteiger charge is 2.06. The molecule has 0 unspecified atom stereocenters. The van der Waals surface area contributed by atoms with Gasteiger partial charge in [0, 0.05) is 12.7 Å². The van der Waals surface area contributed by atoms with E-state index in [1.165, 1.54) is 0 Å². The average Bonchev–Trinajstić information content (AvgIpc) is 2.40. The van der Waals surface area contributed by atoms with E-state index < -0.39 is 0 Å². The van der Waals surface area contributed by atoms with E-state index in [4.69, 9.17) is 10.5 Å². The molecule has 0 saturated heterocycles. The van der Waals surface area contributed by atoms with Gasteiger partial charge in [-0.2, -0.15) is 0 Å². The minimum atomic E-state index is 0.681. The van der Waals surface area contributed by atoms with Crippen LogP contribution < -0.4 is 15.4 Å². The zero-order valence-corrected chi connectivity index (χ0v) is 10.8. The van der Waals surface area contributed by atoms with Crippen LogP contribution in [0, 0.1) is 0 Å². The maximum atomic E-state index is 5.97. The number of anilines is 3. The predicted molar refractivity (Wildman–Crippen MR) is 76.5 cm³/mol. The molecule has 3 heteroatoms. The van der Waals surface area contributed by atoms with Crippen LogP contribution in [0.1, 0.15) is 6.92 Å². The van der Waals surface area contributed by atoms with Crippen LogP contribution in [-0.2, 0) is 0 Å². The molecule has 0 saturated carbocycles. The fourth-order valence-corrected chi connectivity index (χ4v) is 1.86. The monoisotopic (exact) mass is 242 g/mol. The molecule has 0 bridgehead atoms. The van der Waals surface area contributed by atoms with Gasteiger partial charge in [-0.25, -0.2) is 0 Å². The summed E-state index contributed by atoms with van der Waals surface area (Å²) in [5, 5.41) is 0. The highest BCUT2D eigenvalue weighted by molar-refractivity contribution is 5.74. The number of para-hydroxylation sites is 2. The van der Waals surface area contributed by atoms with Crippen molar-refractivity contribution in [2.75, 3.05) is 24.3 Å². The first-order valence-corrected chi connectivity index (χ1v) is 6.03. The molecule has 94 valence electrons. The molecule has 0 fully saturated rings. The lowest BCUT2D eigenvalue weighted by atomic mass is 10.2. The largest absolute Gasteiger partial charge is 0.494 e. The summed E-state index contributed by atoms with van der Waals surface area (Å²) in [6.07, 6.45) is 0. The Morgan fingerprint density at radius 3 is 2.33 bits per heavy atom. The second kappa shape index (κ2) is 5.45. The summed E-state index contributed by atoms with van der Waals surface area (Å²) in [4.78, 5) is 2.06. The smallest absolute Gasteiger partial charge is 0.119 e. The first kappa shape index (κ1) is 12.3. The van der Waals surface area contributed by atoms with Gasteiger partial charge in [-0.15, -0.1) is 0 Å². The molecular weight excluding hydrogens is 224 g/mol. The number of benzene rings is 2. The number of hydrogen-bond acceptors (Lipinski definition) is 3. The van der Waals surface area contributed by atoms with Crippen molar-refractivity contribution in [2.45, 2.75) is 6.92 Å². The van der Waals surface area contributed by atoms with E-state index in [0.29, 0.717) is 6.61 Å². The van der Waals surface area contributed by atoms with E-state index in [1.807, 2.05) is 62.5 Å². The molecule has 0 aliphatic heterocycles. The molecule has 2 rings (SSSR count). The predicted octanol–water partition coefficient (Wildman–Crippen LogP) is 3.44. The van der Waals surface area contributed by atoms with Crippen molar-refractivity contribution in [2.24, 2.45) is 0 Å². The third-order valence-electron chi connectivity index (χ3n) is 2.83. The molecule has 0 heterocycles. The Balaban J connectivity index is 2.23. The summed E-state index contributed by atoms with van der Waals surface area (Å²) in [7, 11) is 2.00. The summed E-state index contributed by atoms with van der Waals surface area (Å²) in [6, 6.07) is 15.8. The van der Waals surface area contributed by atoms with Gasteiger partial charge in [0.1, 0.15) is 5.75 Å². The maximum absolute atomic E-state index is 5.97. The van der Waals surface area contributed by atoms with E-state index in [2.05, 4.69) is 4.90 Å². The zero-order valence-electron chi connectivity index (χ0n) is 10.8. The lowest BCUT2D eigenvalue weighted by Crippen LogP contribution is -2.11. The van der Waals surface area contributed by atoms with Crippen LogP contribution in [0.5, 0.6) is 5.75 Å². The molecule has 2 N–H and O–H groups in total. The second-order valence-electron chi connectivity index (χ2n) is 4.04. The van der Waals surface area contributed by atoms with Crippen LogP contribution in [0.3, 0.4) is 0 Å². The Bertz CT molecular complexity index is 508. The van der Waals surface area contributed by atoms with Gasteiger partial charge in [-0.1, -0.05) is 12.1 Å². The third kappa shape index (κ3) is 2.56. The fourth-order valence-electron chi connectivity index (χ4n) is 1.86. The van der Waals surface area contributed by atoms with Crippen molar-refractivity contribution in [1.29, 1.82) is 0 Å². The lowest BCUT2D eigenvalue weighted by Gasteiger charge is -2.21. The van der Waals surface area contributed by atoms with E-state index in [0.717, 1.165) is 22.8 Å². The first-order chi connectivity index (χ1) is 8.72. The fraction of sp³-hybridized carbons (Fsp3) is 0.200. The SMILES string of the molecule is CCOc1ccc(N(C)c2ccccc2N)cc1. The molecule has 0 aliphatic carbocycles. The van der Waals surface area contributed by atoms with Gasteiger partial charge < -0.3 is 15.4 Å². The Morgan fingerprint density at radius 2 is 1.72 bits per heavy atom. The summed E-state index contributed by atoms with van der Waals surface area (Å²) < 4.78 is 5.43. The van der Waals surface area contributed by atoms with Gasteiger partial charge in [-0.3, -0.25) is 0 Å². The van der Waals surface area contributed by atoms with Crippen LogP contribution in [0.25, 0.3) is 0 Å². The summed E-state index contributed by atoms with van der Waals surface area (Å²) in [6.45, 7) is 2.66. The van der Waals surface area contributed by atoms with Gasteiger partial charge in [0.05, 0.1) is 18.0 Å². The Morgan fingerprint density at radius 1 is 1.06 bits per heavy atom. The van der Waals surface area contributed by atoms with Gasteiger partial charge in [-0.05, 0) is 43.3 Å². The molecule has 0 atom stereocenters. The number of rotatable bonds is 4. The minimum Gasteiger partial charge on any atom is -0.494 e. The summed E-state index contributed by atoms with van der Waals surface area (Å²) in [5.74, 6) is 0.885. The molecule has 0 radical (unpaired) electrons. The minimum absolute atomic E-state index is 0.681. The average molecular weight is 242 g/mol. The van der Waals surface area contributed by atoms with Crippen molar-refractivity contribution in [3.8, 4) is 5.75 Å². The lowest BCUT2D eigenvalue weighted by molar-refractivity contribution is 0.340. The molecule has 0 spiro atoms. The quantitative estimate of drug-likeness (QED) is 0.835. The van der Waals surface area contributed by atoms with Crippen molar-refractivity contribution in [3.05, 3.63) is 48.5 Å². The van der Waals surface area contributed by atoms with E-state index in [-0.39, 0.29) is 0 Å². The number of hydrogen-bond donors (Lipinski definition) is 1. The maximum Gasteiger partial charge on any atom is 0.119 e. The van der Waals surface area contributed by atoms with E-state index in [1.54, 1.807) is 0 Å². The molecule has 2 aromatic rings. The Labute approximate surface area is 108 Å². The highest BCUT2D eigenvalue weighted by Crippen LogP contribution is 2.29. The van der Waals surface area contributed by atoms with Crippen LogP contribution in [0.4, 0.5) is 17.1 Å². The summed E-state index contributed by atoms with van der Waals surface area (Å²) in [5.41, 5.74) is 8.82. The highest BCUT2D eigenvalue weighted by atomic mass is 16.5. The van der Waals surface area contributed by atoms with Crippen LogP contribution in [0.15, 0.2) is 48.5 Å². The third-order valence-corrected chi connectivity index (χ3v) is 2.83. The van der Waals surface area contributed by atoms with Crippen LogP contribution in [-0.4, -0.2) is 13.7 Å². The second-order valence-corrected chi connectivity index (χ2v) is 4.04. The van der Waals surface area contributed by atoms with Crippen molar-refractivity contribution < 1.29 is 4.74 Å². The van der Waals surface area contributed by atoms with Crippen LogP contribution in [0.2, 0.25) is 0 Å². The number of nitrogen functional groups attached to an aromatic ring is 1. The van der Waals surface area contributed by atoms with Crippen LogP contribution >= 0.6 is 0 Å². The molecule has 0 aliphatic rings. The van der Waals surface area contributed by atoms with Gasteiger partial charge in [0.25, 0.3) is 0 Å². The van der Waals surface area contributed by atoms with Crippen molar-refractivity contribution >= 4 is 17.1 Å². The Kier molecular flexibility index (Phi) is 3.72. The van der Waals surface area contributed by atoms with Gasteiger partial charge in [0.15, 0.2) is 0 Å². The number of nitrogens with zero attached hydrogens (tertiary/aromatic N) is 1. The molecule has 18 heavy (non-hydrogen) atoms. The van der Waals surface area contributed by atoms with Gasteiger partial charge >= 0.3 is 0 Å². The standard InChI is InChI=1S/C15H18N2O/c1-3-18-13-10-8-12(9-11-13)17(2)15-7-5-4-6-14(15)16/h4-11H,3,16H2,1-2H3. The molecule has 0 aromatic heterocycles. The topological polar surface area (TPSA) is 38.5 Å². The Hall–Kier alpha value is -2.16. The summed E-state index contributed by atoms with van der Waals surface area (Å²) >= 11 is 0. The normalized spacial score (nSPS) is 10.1. The number of ether oxygens (including phenoxy) is 1. The van der Waals surface area contributed by atoms with Crippen molar-refractivity contribution in [1.82, 2.24) is 0 Å². The van der Waals surface area contributed by atoms with E-state index in [9.17, 15) is 0 Å². The molecule has 2 aromatic carbocycles. The number of nitrogens with two attached hydrogens (primary N) is 1. The molecule has 0 amide bonds. The van der Waals surface area contributed by atoms with E-state index >= 15 is 0 Å². The molecule has 3 nitrogen and oxygen atoms in total. The van der Waals surface area contributed by atoms with Gasteiger partial charge in [0.2, 0.25) is 0 Å². The van der Waals surface area contributed by atoms with Crippen molar-refractivity contribution in [3.63, 3.8) is 0 Å². The first-order valence-electron chi connectivity index (χ1n) is 6.03. The molecular formula is C15H18N2O.